The zero-order chi connectivity index (χ0) is 17.1. The van der Waals surface area contributed by atoms with E-state index in [-0.39, 0.29) is 22.0 Å². The van der Waals surface area contributed by atoms with Crippen molar-refractivity contribution in [3.05, 3.63) is 0 Å². The van der Waals surface area contributed by atoms with Crippen LogP contribution >= 0.6 is 21.6 Å². The van der Waals surface area contributed by atoms with Gasteiger partial charge in [0.15, 0.2) is 0 Å². The van der Waals surface area contributed by atoms with Gasteiger partial charge < -0.3 is 9.53 Å². The highest BCUT2D eigenvalue weighted by molar-refractivity contribution is 8.78. The molecular weight excluding hydrogens is 318 g/mol. The van der Waals surface area contributed by atoms with Crippen LogP contribution in [0.25, 0.3) is 0 Å². The summed E-state index contributed by atoms with van der Waals surface area (Å²) in [6, 6.07) is 0. The van der Waals surface area contributed by atoms with E-state index in [2.05, 4.69) is 18.8 Å². The third kappa shape index (κ3) is 6.73. The third-order valence-electron chi connectivity index (χ3n) is 3.83. The summed E-state index contributed by atoms with van der Waals surface area (Å²) >= 11 is 0. The van der Waals surface area contributed by atoms with Crippen LogP contribution in [-0.4, -0.2) is 41.1 Å². The summed E-state index contributed by atoms with van der Waals surface area (Å²) < 4.78 is 4.38. The fraction of sp³-hybridized carbons (Fsp3) is 0.812. The Morgan fingerprint density at radius 3 is 1.91 bits per heavy atom. The fourth-order valence-electron chi connectivity index (χ4n) is 1.79. The SMILES string of the molecule is CCOC(=O)CN=CC(CC)(CC)SSC(C=O)(CC)CC. The summed E-state index contributed by atoms with van der Waals surface area (Å²) in [5, 5.41) is 0. The summed E-state index contributed by atoms with van der Waals surface area (Å²) in [6.45, 7) is 10.5. The molecule has 0 atom stereocenters. The highest BCUT2D eigenvalue weighted by atomic mass is 33.1. The second-order valence-electron chi connectivity index (χ2n) is 5.10. The van der Waals surface area contributed by atoms with Crippen molar-refractivity contribution in [1.29, 1.82) is 0 Å². The van der Waals surface area contributed by atoms with E-state index in [1.807, 2.05) is 20.1 Å². The lowest BCUT2D eigenvalue weighted by molar-refractivity contribution is -0.141. The van der Waals surface area contributed by atoms with Crippen LogP contribution in [0.3, 0.4) is 0 Å². The van der Waals surface area contributed by atoms with Gasteiger partial charge in [-0.25, -0.2) is 0 Å². The van der Waals surface area contributed by atoms with E-state index >= 15 is 0 Å². The molecule has 0 fully saturated rings. The Morgan fingerprint density at radius 2 is 1.50 bits per heavy atom. The van der Waals surface area contributed by atoms with Gasteiger partial charge in [-0.2, -0.15) is 0 Å². The summed E-state index contributed by atoms with van der Waals surface area (Å²) in [5.41, 5.74) is 0. The lowest BCUT2D eigenvalue weighted by atomic mass is 10.0. The predicted molar refractivity (Wildman–Crippen MR) is 97.9 cm³/mol. The van der Waals surface area contributed by atoms with E-state index in [1.54, 1.807) is 28.5 Å². The lowest BCUT2D eigenvalue weighted by Crippen LogP contribution is -2.29. The van der Waals surface area contributed by atoms with Gasteiger partial charge in [0.2, 0.25) is 0 Å². The van der Waals surface area contributed by atoms with Gasteiger partial charge in [-0.1, -0.05) is 49.3 Å². The minimum atomic E-state index is -0.338. The molecule has 0 heterocycles. The van der Waals surface area contributed by atoms with E-state index in [1.165, 1.54) is 0 Å². The molecule has 0 aromatic rings. The molecule has 0 unspecified atom stereocenters. The standard InChI is InChI=1S/C16H29NO3S2/c1-6-15(7-2,12-17-11-14(19)20-10-5)21-22-16(8-3,9-4)13-18/h12-13H,6-11H2,1-5H3. The number of nitrogens with zero attached hydrogens (tertiary/aromatic N) is 1. The molecule has 128 valence electrons. The molecule has 0 rings (SSSR count). The van der Waals surface area contributed by atoms with Crippen molar-refractivity contribution in [2.45, 2.75) is 69.8 Å². The number of carbonyl (C=O) groups is 2. The van der Waals surface area contributed by atoms with E-state index in [4.69, 9.17) is 4.74 Å². The molecule has 0 bridgehead atoms. The van der Waals surface area contributed by atoms with Crippen molar-refractivity contribution in [3.63, 3.8) is 0 Å². The van der Waals surface area contributed by atoms with E-state index in [0.717, 1.165) is 32.0 Å². The van der Waals surface area contributed by atoms with Crippen molar-refractivity contribution in [2.24, 2.45) is 4.99 Å². The minimum Gasteiger partial charge on any atom is -0.465 e. The number of hydrogen-bond donors (Lipinski definition) is 0. The Bertz CT molecular complexity index is 364. The smallest absolute Gasteiger partial charge is 0.327 e. The van der Waals surface area contributed by atoms with Crippen molar-refractivity contribution in [2.75, 3.05) is 13.2 Å². The Labute approximate surface area is 142 Å². The molecule has 0 saturated heterocycles. The number of ether oxygens (including phenoxy) is 1. The van der Waals surface area contributed by atoms with Gasteiger partial charge in [-0.05, 0) is 32.6 Å². The number of rotatable bonds is 12. The van der Waals surface area contributed by atoms with Gasteiger partial charge in [-0.3, -0.25) is 9.79 Å². The Hall–Kier alpha value is -0.490. The van der Waals surface area contributed by atoms with Crippen molar-refractivity contribution in [1.82, 2.24) is 0 Å². The van der Waals surface area contributed by atoms with Gasteiger partial charge in [0.05, 0.1) is 16.1 Å². The molecule has 22 heavy (non-hydrogen) atoms. The maximum absolute atomic E-state index is 11.4. The van der Waals surface area contributed by atoms with Gasteiger partial charge >= 0.3 is 5.97 Å². The van der Waals surface area contributed by atoms with Crippen LogP contribution in [0.15, 0.2) is 4.99 Å². The largest absolute Gasteiger partial charge is 0.465 e. The van der Waals surface area contributed by atoms with Crippen LogP contribution < -0.4 is 0 Å². The second kappa shape index (κ2) is 11.1. The molecule has 0 aromatic carbocycles. The molecule has 0 amide bonds. The van der Waals surface area contributed by atoms with Crippen LogP contribution in [0.2, 0.25) is 0 Å². The first-order valence-electron chi connectivity index (χ1n) is 7.96. The van der Waals surface area contributed by atoms with E-state index < -0.39 is 0 Å². The van der Waals surface area contributed by atoms with Crippen molar-refractivity contribution < 1.29 is 14.3 Å². The van der Waals surface area contributed by atoms with Crippen molar-refractivity contribution >= 4 is 40.1 Å². The molecular formula is C16H29NO3S2. The Kier molecular flexibility index (Phi) is 10.9. The number of aldehydes is 1. The average Bonchev–Trinajstić information content (AvgIpc) is 2.55. The fourth-order valence-corrected chi connectivity index (χ4v) is 5.40. The molecule has 0 spiro atoms. The number of aliphatic imine (C=N–C) groups is 1. The summed E-state index contributed by atoms with van der Waals surface area (Å²) in [7, 11) is 3.33. The minimum absolute atomic E-state index is 0.0567. The summed E-state index contributed by atoms with van der Waals surface area (Å²) in [6.07, 6.45) is 6.35. The molecule has 6 heteroatoms. The first-order valence-corrected chi connectivity index (χ1v) is 10.1. The predicted octanol–water partition coefficient (Wildman–Crippen LogP) is 4.32. The number of esters is 1. The highest BCUT2D eigenvalue weighted by Gasteiger charge is 2.33. The molecule has 0 aliphatic carbocycles. The van der Waals surface area contributed by atoms with Crippen LogP contribution in [-0.2, 0) is 14.3 Å². The molecule has 4 nitrogen and oxygen atoms in total. The Balaban J connectivity index is 4.84. The first kappa shape index (κ1) is 21.5. The van der Waals surface area contributed by atoms with E-state index in [0.29, 0.717) is 6.61 Å². The molecule has 0 aliphatic rings. The number of hydrogen-bond acceptors (Lipinski definition) is 6. The zero-order valence-electron chi connectivity index (χ0n) is 14.4. The normalized spacial score (nSPS) is 12.6. The van der Waals surface area contributed by atoms with Crippen molar-refractivity contribution in [3.8, 4) is 0 Å². The Morgan fingerprint density at radius 1 is 1.00 bits per heavy atom. The average molecular weight is 348 g/mol. The quantitative estimate of drug-likeness (QED) is 0.228. The monoisotopic (exact) mass is 347 g/mol. The van der Waals surface area contributed by atoms with E-state index in [9.17, 15) is 9.59 Å². The molecule has 0 saturated carbocycles. The molecule has 0 N–H and O–H groups in total. The maximum Gasteiger partial charge on any atom is 0.327 e. The lowest BCUT2D eigenvalue weighted by Gasteiger charge is -2.31. The van der Waals surface area contributed by atoms with Gasteiger partial charge in [0.25, 0.3) is 0 Å². The zero-order valence-corrected chi connectivity index (χ0v) is 16.0. The number of carbonyl (C=O) groups excluding carboxylic acids is 2. The van der Waals surface area contributed by atoms with Crippen LogP contribution in [0, 0.1) is 0 Å². The van der Waals surface area contributed by atoms with Gasteiger partial charge in [0, 0.05) is 6.21 Å². The highest BCUT2D eigenvalue weighted by Crippen LogP contribution is 2.48. The molecule has 0 aliphatic heterocycles. The first-order chi connectivity index (χ1) is 10.5. The summed E-state index contributed by atoms with van der Waals surface area (Å²) in [4.78, 5) is 27.1. The van der Waals surface area contributed by atoms with Crippen LogP contribution in [0.1, 0.15) is 60.3 Å². The second-order valence-corrected chi connectivity index (χ2v) is 8.06. The summed E-state index contributed by atoms with van der Waals surface area (Å²) in [5.74, 6) is -0.304. The maximum atomic E-state index is 11.4. The topological polar surface area (TPSA) is 55.7 Å². The van der Waals surface area contributed by atoms with Gasteiger partial charge in [0.1, 0.15) is 12.8 Å². The third-order valence-corrected chi connectivity index (χ3v) is 8.18. The molecule has 0 radical (unpaired) electrons. The van der Waals surface area contributed by atoms with Crippen LogP contribution in [0.4, 0.5) is 0 Å². The van der Waals surface area contributed by atoms with Crippen LogP contribution in [0.5, 0.6) is 0 Å². The van der Waals surface area contributed by atoms with Gasteiger partial charge in [-0.15, -0.1) is 0 Å². The molecule has 0 aromatic heterocycles.